The van der Waals surface area contributed by atoms with Gasteiger partial charge in [0.2, 0.25) is 5.43 Å². The van der Waals surface area contributed by atoms with Gasteiger partial charge in [0, 0.05) is 16.7 Å². The molecule has 4 rings (SSSR count). The molecule has 0 saturated heterocycles. The van der Waals surface area contributed by atoms with E-state index >= 15 is 0 Å². The van der Waals surface area contributed by atoms with E-state index in [0.29, 0.717) is 35.2 Å². The summed E-state index contributed by atoms with van der Waals surface area (Å²) in [6.45, 7) is 0. The van der Waals surface area contributed by atoms with E-state index in [1.807, 2.05) is 51.2 Å². The molecule has 1 aliphatic heterocycles. The zero-order valence-corrected chi connectivity index (χ0v) is 28.7. The molecule has 2 aromatic carbocycles. The molecule has 1 aliphatic carbocycles. The van der Waals surface area contributed by atoms with Crippen LogP contribution in [0.2, 0.25) is 0 Å². The van der Waals surface area contributed by atoms with Crippen LogP contribution in [0.25, 0.3) is 33.4 Å². The van der Waals surface area contributed by atoms with Crippen molar-refractivity contribution in [2.45, 2.75) is 0 Å². The van der Waals surface area contributed by atoms with Crippen LogP contribution in [-0.2, 0) is 0 Å². The van der Waals surface area contributed by atoms with Crippen molar-refractivity contribution in [2.24, 2.45) is 0 Å². The maximum atomic E-state index is 12.5. The summed E-state index contributed by atoms with van der Waals surface area (Å²) in [6.07, 6.45) is 0. The smallest absolute Gasteiger partial charge is 0.870 e. The van der Waals surface area contributed by atoms with E-state index in [2.05, 4.69) is 51.2 Å². The molecule has 0 unspecified atom stereocenters. The summed E-state index contributed by atoms with van der Waals surface area (Å²) in [4.78, 5) is 24.3. The first kappa shape index (κ1) is 30.5. The van der Waals surface area contributed by atoms with Gasteiger partial charge in [-0.15, -0.1) is 6.07 Å². The molecular formula is C20H7I4Na2O5-. The second kappa shape index (κ2) is 12.4. The van der Waals surface area contributed by atoms with Gasteiger partial charge < -0.3 is 19.8 Å². The van der Waals surface area contributed by atoms with Crippen LogP contribution in [0, 0.1) is 20.3 Å². The Balaban J connectivity index is 0.00000160. The van der Waals surface area contributed by atoms with Crippen molar-refractivity contribution >= 4 is 107 Å². The standard InChI is InChI=1S/C20H7I4O4.2Na.H2O/c21-8-5-11-15(9-3-1-2-4-10(9)20(26)27)12-7-13(22)17(25)16(24)19(12)28-18(11)14(23)6-8;;;/h1-5,7H,(H,26,27);;;1H2/q-1;2*+1;/p-2. The number of carboxylic acids is 1. The molecule has 0 saturated carbocycles. The van der Waals surface area contributed by atoms with Crippen molar-refractivity contribution in [3.05, 3.63) is 72.5 Å². The maximum absolute atomic E-state index is 12.5. The van der Waals surface area contributed by atoms with Gasteiger partial charge in [-0.1, -0.05) is 82.0 Å². The van der Waals surface area contributed by atoms with Crippen LogP contribution in [-0.4, -0.2) is 11.4 Å². The van der Waals surface area contributed by atoms with Crippen molar-refractivity contribution in [3.63, 3.8) is 0 Å². The topological polar surface area (TPSA) is 100 Å². The molecule has 0 radical (unpaired) electrons. The van der Waals surface area contributed by atoms with E-state index in [1.165, 1.54) is 6.07 Å². The first-order valence-corrected chi connectivity index (χ1v) is 12.1. The molecule has 148 valence electrons. The Kier molecular flexibility index (Phi) is 12.2. The van der Waals surface area contributed by atoms with E-state index in [9.17, 15) is 14.7 Å². The number of carboxylic acid groups (broad SMARTS) is 1. The average Bonchev–Trinajstić information content (AvgIpc) is 2.65. The van der Waals surface area contributed by atoms with Gasteiger partial charge >= 0.3 is 59.1 Å². The Labute approximate surface area is 276 Å². The molecule has 0 bridgehead atoms. The summed E-state index contributed by atoms with van der Waals surface area (Å²) in [7, 11) is 0. The van der Waals surface area contributed by atoms with Crippen molar-refractivity contribution in [3.8, 4) is 22.5 Å². The van der Waals surface area contributed by atoms with E-state index < -0.39 is 5.97 Å². The van der Waals surface area contributed by atoms with Crippen LogP contribution in [0.5, 0.6) is 0 Å². The summed E-state index contributed by atoms with van der Waals surface area (Å²) >= 11 is 8.29. The minimum absolute atomic E-state index is 0. The number of carbonyl (C=O) groups is 1. The molecule has 5 nitrogen and oxygen atoms in total. The first-order chi connectivity index (χ1) is 13.3. The summed E-state index contributed by atoms with van der Waals surface area (Å²) in [6, 6.07) is 13.6. The van der Waals surface area contributed by atoms with Crippen LogP contribution in [0.4, 0.5) is 0 Å². The molecular weight excluding hydrogens is 874 g/mol. The van der Waals surface area contributed by atoms with Gasteiger partial charge in [-0.2, -0.15) is 6.07 Å². The summed E-state index contributed by atoms with van der Waals surface area (Å²) in [5.41, 5.74) is 2.46. The van der Waals surface area contributed by atoms with Crippen LogP contribution in [0.1, 0.15) is 10.4 Å². The second-order valence-corrected chi connectivity index (χ2v) is 10.3. The first-order valence-electron chi connectivity index (χ1n) is 7.76. The molecule has 2 aliphatic rings. The van der Waals surface area contributed by atoms with Crippen molar-refractivity contribution < 1.29 is 78.9 Å². The minimum Gasteiger partial charge on any atom is -0.870 e. The number of hydrogen-bond acceptors (Lipinski definition) is 5. The normalized spacial score (nSPS) is 10.2. The van der Waals surface area contributed by atoms with Crippen LogP contribution < -0.4 is 69.6 Å². The largest absolute Gasteiger partial charge is 1.00 e. The number of aromatic carboxylic acids is 1. The van der Waals surface area contributed by atoms with Gasteiger partial charge in [0.15, 0.2) is 0 Å². The summed E-state index contributed by atoms with van der Waals surface area (Å²) in [5.74, 6) is -0.816. The fraction of sp³-hybridized carbons (Fsp3) is 0. The van der Waals surface area contributed by atoms with E-state index in [0.717, 1.165) is 12.5 Å². The Morgan fingerprint density at radius 2 is 1.65 bits per heavy atom. The Bertz CT molecular complexity index is 1320. The Morgan fingerprint density at radius 3 is 2.29 bits per heavy atom. The number of rotatable bonds is 2. The van der Waals surface area contributed by atoms with Gasteiger partial charge in [0.1, 0.15) is 9.33 Å². The maximum Gasteiger partial charge on any atom is 1.00 e. The molecule has 0 atom stereocenters. The zero-order valence-electron chi connectivity index (χ0n) is 16.1. The molecule has 1 heterocycles. The van der Waals surface area contributed by atoms with E-state index in [4.69, 9.17) is 4.42 Å². The monoisotopic (exact) mass is 881 g/mol. The molecule has 11 heteroatoms. The molecule has 0 amide bonds. The molecule has 1 N–H and O–H groups in total. The van der Waals surface area contributed by atoms with Gasteiger partial charge in [0.25, 0.3) is 0 Å². The predicted octanol–water partition coefficient (Wildman–Crippen LogP) is -1.02. The van der Waals surface area contributed by atoms with Gasteiger partial charge in [-0.05, 0) is 62.4 Å². The summed E-state index contributed by atoms with van der Waals surface area (Å²) in [5, 5.41) is 12.6. The average molecular weight is 881 g/mol. The third kappa shape index (κ3) is 5.83. The number of benzene rings is 3. The zero-order chi connectivity index (χ0) is 20.2. The van der Waals surface area contributed by atoms with Gasteiger partial charge in [0.05, 0.1) is 9.54 Å². The van der Waals surface area contributed by atoms with Crippen molar-refractivity contribution in [1.29, 1.82) is 0 Å². The third-order valence-electron chi connectivity index (χ3n) is 4.23. The molecule has 0 aromatic heterocycles. The second-order valence-electron chi connectivity index (χ2n) is 5.86. The van der Waals surface area contributed by atoms with Gasteiger partial charge in [-0.3, -0.25) is 4.79 Å². The van der Waals surface area contributed by atoms with Crippen LogP contribution in [0.15, 0.2) is 45.6 Å². The third-order valence-corrected chi connectivity index (χ3v) is 7.36. The van der Waals surface area contributed by atoms with Crippen LogP contribution >= 0.6 is 90.4 Å². The number of carbonyl (C=O) groups excluding carboxylic acids is 1. The van der Waals surface area contributed by atoms with E-state index in [1.54, 1.807) is 24.3 Å². The fourth-order valence-corrected chi connectivity index (χ4v) is 6.66. The Morgan fingerprint density at radius 1 is 1.00 bits per heavy atom. The molecule has 0 spiro atoms. The summed E-state index contributed by atoms with van der Waals surface area (Å²) < 4.78 is 8.79. The van der Waals surface area contributed by atoms with Crippen molar-refractivity contribution in [2.75, 3.05) is 0 Å². The van der Waals surface area contributed by atoms with Gasteiger partial charge in [-0.25, -0.2) is 0 Å². The van der Waals surface area contributed by atoms with Crippen molar-refractivity contribution in [1.82, 2.24) is 0 Å². The number of hydrogen-bond donors (Lipinski definition) is 0. The molecule has 0 fully saturated rings. The molecule has 31 heavy (non-hydrogen) atoms. The molecule has 2 aromatic rings. The number of fused-ring (bicyclic) bond motifs is 2. The fourth-order valence-electron chi connectivity index (χ4n) is 3.08. The SMILES string of the molecule is O=C([O-])c1ccccc1-c1c2cc(I)c(=O)c(I)c-2oc2c(I)[c-]c(I)cc12.[Na+].[Na+].[OH-]. The Hall–Kier alpha value is 1.48. The quantitative estimate of drug-likeness (QED) is 0.111. The minimum atomic E-state index is -1.26. The van der Waals surface area contributed by atoms with Crippen LogP contribution in [0.3, 0.4) is 0 Å². The van der Waals surface area contributed by atoms with E-state index in [-0.39, 0.29) is 75.6 Å². The number of halogens is 4. The predicted molar refractivity (Wildman–Crippen MR) is 141 cm³/mol.